The molecule has 6 nitrogen and oxygen atoms in total. The van der Waals surface area contributed by atoms with E-state index in [2.05, 4.69) is 16.0 Å². The summed E-state index contributed by atoms with van der Waals surface area (Å²) in [5, 5.41) is 7.48. The number of halogens is 2. The number of carbonyl (C=O) groups excluding carboxylic acids is 2. The second-order valence-electron chi connectivity index (χ2n) is 4.96. The molecule has 2 rings (SSSR count). The lowest BCUT2D eigenvalue weighted by molar-refractivity contribution is 0.0945. The Morgan fingerprint density at radius 3 is 2.33 bits per heavy atom. The van der Waals surface area contributed by atoms with Crippen molar-refractivity contribution in [3.8, 4) is 0 Å². The zero-order valence-electron chi connectivity index (χ0n) is 13.0. The molecular weight excluding hydrogens is 320 g/mol. The molecule has 3 N–H and O–H groups in total. The molecule has 3 amide bonds. The minimum atomic E-state index is -0.936. The van der Waals surface area contributed by atoms with E-state index >= 15 is 0 Å². The first-order valence-corrected chi connectivity index (χ1v) is 7.26. The monoisotopic (exact) mass is 337 g/mol. The van der Waals surface area contributed by atoms with E-state index in [0.29, 0.717) is 6.54 Å². The Hall–Kier alpha value is -2.90. The zero-order valence-corrected chi connectivity index (χ0v) is 13.0. The van der Waals surface area contributed by atoms with Gasteiger partial charge in [-0.25, -0.2) is 13.6 Å². The van der Waals surface area contributed by atoms with Gasteiger partial charge in [0.15, 0.2) is 0 Å². The molecule has 24 heavy (non-hydrogen) atoms. The molecule has 0 radical (unpaired) electrons. The number of aryl methyl sites for hydroxylation is 1. The summed E-state index contributed by atoms with van der Waals surface area (Å²) in [6, 6.07) is 4.50. The minimum absolute atomic E-state index is 0.0325. The van der Waals surface area contributed by atoms with Crippen LogP contribution in [0.1, 0.15) is 21.7 Å². The van der Waals surface area contributed by atoms with Crippen molar-refractivity contribution < 1.29 is 22.8 Å². The topological polar surface area (TPSA) is 83.4 Å². The molecule has 0 bridgehead atoms. The van der Waals surface area contributed by atoms with Crippen molar-refractivity contribution in [3.05, 3.63) is 59.1 Å². The van der Waals surface area contributed by atoms with Crippen LogP contribution in [0.25, 0.3) is 0 Å². The van der Waals surface area contributed by atoms with Gasteiger partial charge in [-0.1, -0.05) is 6.07 Å². The largest absolute Gasteiger partial charge is 0.469 e. The molecule has 0 aliphatic heterocycles. The molecule has 2 aromatic rings. The molecule has 1 aromatic heterocycles. The molecule has 1 heterocycles. The number of hydrogen-bond acceptors (Lipinski definition) is 3. The fourth-order valence-corrected chi connectivity index (χ4v) is 1.99. The van der Waals surface area contributed by atoms with Gasteiger partial charge in [-0.05, 0) is 25.1 Å². The quantitative estimate of drug-likeness (QED) is 0.706. The number of furan rings is 1. The summed E-state index contributed by atoms with van der Waals surface area (Å²) in [5.41, 5.74) is 0.214. The number of benzene rings is 1. The van der Waals surface area contributed by atoms with Gasteiger partial charge in [0.05, 0.1) is 6.26 Å². The van der Waals surface area contributed by atoms with E-state index in [9.17, 15) is 18.4 Å². The Morgan fingerprint density at radius 1 is 1.04 bits per heavy atom. The van der Waals surface area contributed by atoms with Gasteiger partial charge in [-0.15, -0.1) is 0 Å². The average Bonchev–Trinajstić information content (AvgIpc) is 2.94. The zero-order chi connectivity index (χ0) is 17.5. The predicted octanol–water partition coefficient (Wildman–Crippen LogP) is 2.10. The first-order valence-electron chi connectivity index (χ1n) is 7.26. The van der Waals surface area contributed by atoms with E-state index in [1.807, 2.05) is 0 Å². The third-order valence-corrected chi connectivity index (χ3v) is 3.29. The maximum Gasteiger partial charge on any atom is 0.315 e. The van der Waals surface area contributed by atoms with E-state index in [-0.39, 0.29) is 13.1 Å². The van der Waals surface area contributed by atoms with Crippen molar-refractivity contribution in [2.45, 2.75) is 13.5 Å². The smallest absolute Gasteiger partial charge is 0.315 e. The van der Waals surface area contributed by atoms with E-state index < -0.39 is 29.1 Å². The standard InChI is InChI=1S/C16H17F2N3O3/c1-10-11(5-8-24-10)9-21-16(23)20-7-6-19-15(22)14-12(17)3-2-4-13(14)18/h2-5,8H,6-7,9H2,1H3,(H,19,22)(H2,20,21,23). The van der Waals surface area contributed by atoms with E-state index in [4.69, 9.17) is 4.42 Å². The summed E-state index contributed by atoms with van der Waals surface area (Å²) >= 11 is 0. The molecule has 0 saturated carbocycles. The third kappa shape index (κ3) is 4.55. The summed E-state index contributed by atoms with van der Waals surface area (Å²) in [5.74, 6) is -2.03. The molecule has 128 valence electrons. The Bertz CT molecular complexity index is 711. The van der Waals surface area contributed by atoms with Gasteiger partial charge in [0.25, 0.3) is 5.91 Å². The van der Waals surface area contributed by atoms with Gasteiger partial charge in [0.2, 0.25) is 0 Å². The van der Waals surface area contributed by atoms with Gasteiger partial charge in [-0.2, -0.15) is 0 Å². The maximum atomic E-state index is 13.4. The van der Waals surface area contributed by atoms with Crippen LogP contribution in [0.5, 0.6) is 0 Å². The van der Waals surface area contributed by atoms with E-state index in [1.165, 1.54) is 12.3 Å². The van der Waals surface area contributed by atoms with Crippen LogP contribution in [0.2, 0.25) is 0 Å². The molecule has 0 saturated heterocycles. The highest BCUT2D eigenvalue weighted by molar-refractivity contribution is 5.94. The van der Waals surface area contributed by atoms with Crippen LogP contribution in [-0.4, -0.2) is 25.0 Å². The molecule has 0 spiro atoms. The SMILES string of the molecule is Cc1occc1CNC(=O)NCCNC(=O)c1c(F)cccc1F. The average molecular weight is 337 g/mol. The van der Waals surface area contributed by atoms with Gasteiger partial charge in [0, 0.05) is 25.2 Å². The molecule has 0 aliphatic carbocycles. The number of hydrogen-bond donors (Lipinski definition) is 3. The van der Waals surface area contributed by atoms with Crippen LogP contribution >= 0.6 is 0 Å². The van der Waals surface area contributed by atoms with Crippen LogP contribution in [0.4, 0.5) is 13.6 Å². The van der Waals surface area contributed by atoms with Gasteiger partial charge in [-0.3, -0.25) is 4.79 Å². The lowest BCUT2D eigenvalue weighted by atomic mass is 10.2. The van der Waals surface area contributed by atoms with Crippen molar-refractivity contribution in [1.82, 2.24) is 16.0 Å². The minimum Gasteiger partial charge on any atom is -0.469 e. The Morgan fingerprint density at radius 2 is 1.71 bits per heavy atom. The highest BCUT2D eigenvalue weighted by Crippen LogP contribution is 2.11. The van der Waals surface area contributed by atoms with Crippen LogP contribution < -0.4 is 16.0 Å². The highest BCUT2D eigenvalue weighted by Gasteiger charge is 2.16. The molecule has 0 unspecified atom stereocenters. The molecular formula is C16H17F2N3O3. The van der Waals surface area contributed by atoms with Crippen molar-refractivity contribution in [1.29, 1.82) is 0 Å². The maximum absolute atomic E-state index is 13.4. The molecule has 0 atom stereocenters. The van der Waals surface area contributed by atoms with Crippen LogP contribution in [0.3, 0.4) is 0 Å². The normalized spacial score (nSPS) is 10.3. The molecule has 1 aromatic carbocycles. The van der Waals surface area contributed by atoms with Gasteiger partial charge >= 0.3 is 6.03 Å². The van der Waals surface area contributed by atoms with Crippen molar-refractivity contribution in [2.24, 2.45) is 0 Å². The molecule has 0 aliphatic rings. The summed E-state index contributed by atoms with van der Waals surface area (Å²) < 4.78 is 31.9. The van der Waals surface area contributed by atoms with Crippen LogP contribution in [-0.2, 0) is 6.54 Å². The molecule has 0 fully saturated rings. The summed E-state index contributed by atoms with van der Waals surface area (Å²) in [6.45, 7) is 2.23. The lowest BCUT2D eigenvalue weighted by Crippen LogP contribution is -2.40. The van der Waals surface area contributed by atoms with Gasteiger partial charge in [0.1, 0.15) is 23.0 Å². The third-order valence-electron chi connectivity index (χ3n) is 3.29. The summed E-state index contributed by atoms with van der Waals surface area (Å²) in [6.07, 6.45) is 1.53. The number of nitrogens with one attached hydrogen (secondary N) is 3. The summed E-state index contributed by atoms with van der Waals surface area (Å²) in [4.78, 5) is 23.3. The number of amides is 3. The van der Waals surface area contributed by atoms with Crippen LogP contribution in [0.15, 0.2) is 34.9 Å². The molecule has 8 heteroatoms. The first kappa shape index (κ1) is 17.5. The fraction of sp³-hybridized carbons (Fsp3) is 0.250. The first-order chi connectivity index (χ1) is 11.5. The van der Waals surface area contributed by atoms with Crippen molar-refractivity contribution in [2.75, 3.05) is 13.1 Å². The van der Waals surface area contributed by atoms with Crippen LogP contribution in [0, 0.1) is 18.6 Å². The Labute approximate surface area is 137 Å². The highest BCUT2D eigenvalue weighted by atomic mass is 19.1. The van der Waals surface area contributed by atoms with Crippen molar-refractivity contribution in [3.63, 3.8) is 0 Å². The number of urea groups is 1. The second-order valence-corrected chi connectivity index (χ2v) is 4.96. The van der Waals surface area contributed by atoms with E-state index in [0.717, 1.165) is 23.5 Å². The number of rotatable bonds is 6. The number of carbonyl (C=O) groups is 2. The second kappa shape index (κ2) is 8.09. The summed E-state index contributed by atoms with van der Waals surface area (Å²) in [7, 11) is 0. The van der Waals surface area contributed by atoms with Crippen molar-refractivity contribution >= 4 is 11.9 Å². The van der Waals surface area contributed by atoms with Gasteiger partial charge < -0.3 is 20.4 Å². The Balaban J connectivity index is 1.70. The Kier molecular flexibility index (Phi) is 5.89. The predicted molar refractivity (Wildman–Crippen MR) is 82.4 cm³/mol. The fourth-order valence-electron chi connectivity index (χ4n) is 1.99. The van der Waals surface area contributed by atoms with E-state index in [1.54, 1.807) is 13.0 Å². The lowest BCUT2D eigenvalue weighted by Gasteiger charge is -2.09.